The largest absolute Gasteiger partial charge is 0.309 e. The van der Waals surface area contributed by atoms with Gasteiger partial charge < -0.3 is 18.3 Å². The van der Waals surface area contributed by atoms with Crippen molar-refractivity contribution in [2.75, 3.05) is 0 Å². The quantitative estimate of drug-likeness (QED) is 0.0975. The molecule has 20 aromatic rings. The molecule has 0 aliphatic heterocycles. The van der Waals surface area contributed by atoms with Crippen molar-refractivity contribution in [2.24, 2.45) is 0 Å². The molecule has 4 nitrogen and oxygen atoms in total. The summed E-state index contributed by atoms with van der Waals surface area (Å²) < 4.78 is 9.73. The Hall–Kier alpha value is -13.3. The zero-order chi connectivity index (χ0) is 72.1. The van der Waals surface area contributed by atoms with Crippen LogP contribution in [0.15, 0.2) is 364 Å². The highest BCUT2D eigenvalue weighted by Crippen LogP contribution is 2.47. The van der Waals surface area contributed by atoms with Crippen LogP contribution in [0.1, 0.15) is 63.5 Å². The van der Waals surface area contributed by atoms with E-state index < -0.39 is 0 Å². The highest BCUT2D eigenvalue weighted by atomic mass is 15.0. The van der Waals surface area contributed by atoms with Gasteiger partial charge in [0, 0.05) is 65.8 Å². The molecule has 0 radical (unpaired) electrons. The third kappa shape index (κ3) is 10.8. The molecule has 0 fully saturated rings. The lowest BCUT2D eigenvalue weighted by Gasteiger charge is -2.18. The normalized spacial score (nSPS) is 12.4. The highest BCUT2D eigenvalue weighted by Gasteiger charge is 2.23. The van der Waals surface area contributed by atoms with Crippen molar-refractivity contribution in [1.29, 1.82) is 0 Å². The monoisotopic (exact) mass is 1380 g/mol. The van der Waals surface area contributed by atoms with Gasteiger partial charge in [0.1, 0.15) is 0 Å². The van der Waals surface area contributed by atoms with Gasteiger partial charge in [-0.15, -0.1) is 0 Å². The van der Waals surface area contributed by atoms with Crippen LogP contribution in [0.4, 0.5) is 0 Å². The maximum absolute atomic E-state index is 2.49. The molecule has 2 atom stereocenters. The van der Waals surface area contributed by atoms with Crippen LogP contribution in [0.5, 0.6) is 0 Å². The number of benzene rings is 16. The summed E-state index contributed by atoms with van der Waals surface area (Å²) >= 11 is 0. The standard InChI is InChI=1S/C104H78N4/c1-5-67(3)74-46-58-100-93(63-74)90-29-12-16-35-98(90)106(100)83-51-39-72(40-52-83)73-43-55-85(56-44-73)108-102-59-47-75(68(4)6-2)64-94(102)92-57-45-78(66-103(92)108)77-24-19-26-80(62-77)87-32-20-31-86(79-25-18-23-76(61-79)69-21-8-7-9-22-69)104(87)81-48-60-101-95(65-81)91-30-13-17-36-99(91)107(101)84-53-41-71(42-54-84)70-37-49-82(50-38-70)105-96-33-14-10-27-88(96)89-28-11-15-34-97(89)105/h7-68H,5-6H2,1-4H3. The molecular formula is C104H78N4. The lowest BCUT2D eigenvalue weighted by Crippen LogP contribution is -1.96. The zero-order valence-corrected chi connectivity index (χ0v) is 61.0. The molecule has 0 aliphatic carbocycles. The predicted molar refractivity (Wildman–Crippen MR) is 459 cm³/mol. The van der Waals surface area contributed by atoms with Crippen molar-refractivity contribution >= 4 is 87.2 Å². The van der Waals surface area contributed by atoms with E-state index >= 15 is 0 Å². The molecular weight excluding hydrogens is 1310 g/mol. The Morgan fingerprint density at radius 1 is 0.194 bits per heavy atom. The molecule has 0 amide bonds. The number of fused-ring (bicyclic) bond motifs is 12. The molecule has 0 N–H and O–H groups in total. The first-order valence-electron chi connectivity index (χ1n) is 38.2. The van der Waals surface area contributed by atoms with E-state index in [1.165, 1.54) is 148 Å². The van der Waals surface area contributed by atoms with Gasteiger partial charge in [-0.1, -0.05) is 264 Å². The van der Waals surface area contributed by atoms with E-state index in [2.05, 4.69) is 410 Å². The van der Waals surface area contributed by atoms with Crippen LogP contribution in [-0.2, 0) is 0 Å². The fourth-order valence-electron chi connectivity index (χ4n) is 17.4. The van der Waals surface area contributed by atoms with Gasteiger partial charge in [0.25, 0.3) is 0 Å². The summed E-state index contributed by atoms with van der Waals surface area (Å²) in [6.07, 6.45) is 2.19. The average Bonchev–Trinajstić information content (AvgIpc) is 1.59. The van der Waals surface area contributed by atoms with Gasteiger partial charge in [-0.25, -0.2) is 0 Å². The minimum Gasteiger partial charge on any atom is -0.309 e. The third-order valence-corrected chi connectivity index (χ3v) is 23.4. The van der Waals surface area contributed by atoms with E-state index in [0.717, 1.165) is 63.4 Å². The fourth-order valence-corrected chi connectivity index (χ4v) is 17.4. The number of para-hydroxylation sites is 4. The first kappa shape index (κ1) is 64.3. The molecule has 2 unspecified atom stereocenters. The molecule has 0 aliphatic rings. The Bertz CT molecular complexity index is 6830. The lowest BCUT2D eigenvalue weighted by atomic mass is 9.86. The van der Waals surface area contributed by atoms with Gasteiger partial charge in [-0.3, -0.25) is 0 Å². The minimum absolute atomic E-state index is 0.441. The van der Waals surface area contributed by atoms with Crippen molar-refractivity contribution in [3.8, 4) is 101 Å². The molecule has 514 valence electrons. The fraction of sp³-hybridized carbons (Fsp3) is 0.0769. The van der Waals surface area contributed by atoms with E-state index in [0.29, 0.717) is 11.8 Å². The van der Waals surface area contributed by atoms with Crippen molar-refractivity contribution < 1.29 is 0 Å². The van der Waals surface area contributed by atoms with E-state index in [-0.39, 0.29) is 0 Å². The number of nitrogens with zero attached hydrogens (tertiary/aromatic N) is 4. The number of hydrogen-bond acceptors (Lipinski definition) is 0. The summed E-state index contributed by atoms with van der Waals surface area (Å²) in [4.78, 5) is 0. The van der Waals surface area contributed by atoms with E-state index in [9.17, 15) is 0 Å². The molecule has 0 spiro atoms. The molecule has 4 aromatic heterocycles. The molecule has 16 aromatic carbocycles. The van der Waals surface area contributed by atoms with Crippen LogP contribution in [-0.4, -0.2) is 18.3 Å². The Morgan fingerprint density at radius 3 is 0.907 bits per heavy atom. The average molecular weight is 1380 g/mol. The number of aromatic nitrogens is 4. The molecule has 20 rings (SSSR count). The maximum Gasteiger partial charge on any atom is 0.0547 e. The molecule has 108 heavy (non-hydrogen) atoms. The zero-order valence-electron chi connectivity index (χ0n) is 61.0. The Balaban J connectivity index is 0.667. The van der Waals surface area contributed by atoms with Crippen LogP contribution in [0.25, 0.3) is 188 Å². The second kappa shape index (κ2) is 26.4. The maximum atomic E-state index is 2.49. The highest BCUT2D eigenvalue weighted by molar-refractivity contribution is 6.14. The van der Waals surface area contributed by atoms with Crippen LogP contribution in [0.2, 0.25) is 0 Å². The van der Waals surface area contributed by atoms with Gasteiger partial charge >= 0.3 is 0 Å². The summed E-state index contributed by atoms with van der Waals surface area (Å²) in [5.41, 5.74) is 33.3. The van der Waals surface area contributed by atoms with E-state index in [1.54, 1.807) is 0 Å². The van der Waals surface area contributed by atoms with Gasteiger partial charge in [-0.05, 0) is 241 Å². The first-order chi connectivity index (χ1) is 53.3. The Morgan fingerprint density at radius 2 is 0.481 bits per heavy atom. The topological polar surface area (TPSA) is 19.7 Å². The Kier molecular flexibility index (Phi) is 15.7. The lowest BCUT2D eigenvalue weighted by molar-refractivity contribution is 0.735. The summed E-state index contributed by atoms with van der Waals surface area (Å²) in [5, 5.41) is 10.1. The molecule has 4 heteroatoms. The van der Waals surface area contributed by atoms with Crippen LogP contribution in [0, 0.1) is 0 Å². The first-order valence-corrected chi connectivity index (χ1v) is 38.2. The van der Waals surface area contributed by atoms with Crippen molar-refractivity contribution in [1.82, 2.24) is 18.3 Å². The molecule has 0 saturated carbocycles. The minimum atomic E-state index is 0.441. The van der Waals surface area contributed by atoms with Crippen molar-refractivity contribution in [2.45, 2.75) is 52.4 Å². The predicted octanol–water partition coefficient (Wildman–Crippen LogP) is 28.8. The third-order valence-electron chi connectivity index (χ3n) is 23.4. The second-order valence-electron chi connectivity index (χ2n) is 29.5. The smallest absolute Gasteiger partial charge is 0.0547 e. The van der Waals surface area contributed by atoms with Gasteiger partial charge in [0.2, 0.25) is 0 Å². The van der Waals surface area contributed by atoms with Crippen molar-refractivity contribution in [3.63, 3.8) is 0 Å². The SMILES string of the molecule is CCC(C)c1ccc2c(c1)c1ccccc1n2-c1ccc(-c2ccc(-n3c4ccc(C(C)CC)cc4c4ccc(-c5cccc(-c6cccc(-c7cccc(-c8ccccc8)c7)c6-c6ccc7c(c6)c6ccccc6n7-c6ccc(-c7ccc(-n8c9ccccc9c9ccccc98)cc7)cc6)c5)cc43)cc2)cc1. The van der Waals surface area contributed by atoms with Crippen molar-refractivity contribution in [3.05, 3.63) is 375 Å². The van der Waals surface area contributed by atoms with Crippen LogP contribution in [0.3, 0.4) is 0 Å². The summed E-state index contributed by atoms with van der Waals surface area (Å²) in [6.45, 7) is 9.24. The molecule has 4 heterocycles. The Labute approximate surface area is 629 Å². The van der Waals surface area contributed by atoms with E-state index in [1.807, 2.05) is 0 Å². The van der Waals surface area contributed by atoms with Gasteiger partial charge in [0.05, 0.1) is 44.1 Å². The number of rotatable bonds is 15. The van der Waals surface area contributed by atoms with E-state index in [4.69, 9.17) is 0 Å². The molecule has 0 bridgehead atoms. The molecule has 0 saturated heterocycles. The summed E-state index contributed by atoms with van der Waals surface area (Å²) in [7, 11) is 0. The number of hydrogen-bond donors (Lipinski definition) is 0. The van der Waals surface area contributed by atoms with Gasteiger partial charge in [-0.2, -0.15) is 0 Å². The summed E-state index contributed by atoms with van der Waals surface area (Å²) in [6, 6.07) is 136. The van der Waals surface area contributed by atoms with Gasteiger partial charge in [0.15, 0.2) is 0 Å². The second-order valence-corrected chi connectivity index (χ2v) is 29.5. The van der Waals surface area contributed by atoms with Crippen LogP contribution < -0.4 is 0 Å². The van der Waals surface area contributed by atoms with Crippen LogP contribution >= 0.6 is 0 Å². The summed E-state index contributed by atoms with van der Waals surface area (Å²) in [5.74, 6) is 0.950.